The fourth-order valence-corrected chi connectivity index (χ4v) is 5.44. The van der Waals surface area contributed by atoms with E-state index in [0.717, 1.165) is 36.0 Å². The molecular weight excluding hydrogens is 250 g/mol. The minimum Gasteiger partial charge on any atom is -0.339 e. The van der Waals surface area contributed by atoms with Crippen LogP contribution in [0.4, 0.5) is 0 Å². The molecule has 1 aromatic rings. The van der Waals surface area contributed by atoms with E-state index in [2.05, 4.69) is 10.5 Å². The van der Waals surface area contributed by atoms with Crippen molar-refractivity contribution >= 4 is 0 Å². The molecule has 0 aliphatic heterocycles. The van der Waals surface area contributed by atoms with Gasteiger partial charge in [-0.15, -0.1) is 0 Å². The molecule has 108 valence electrons. The summed E-state index contributed by atoms with van der Waals surface area (Å²) in [5, 5.41) is 7.70. The summed E-state index contributed by atoms with van der Waals surface area (Å²) in [6.45, 7) is 0.778. The van der Waals surface area contributed by atoms with Gasteiger partial charge in [0, 0.05) is 6.04 Å². The van der Waals surface area contributed by atoms with Gasteiger partial charge in [0.1, 0.15) is 0 Å². The van der Waals surface area contributed by atoms with Crippen LogP contribution in [-0.4, -0.2) is 16.2 Å². The molecule has 1 aromatic heterocycles. The van der Waals surface area contributed by atoms with E-state index in [0.29, 0.717) is 6.04 Å². The lowest BCUT2D eigenvalue weighted by Gasteiger charge is -2.55. The zero-order valence-corrected chi connectivity index (χ0v) is 12.0. The number of nitrogens with zero attached hydrogens (tertiary/aromatic N) is 2. The van der Waals surface area contributed by atoms with Crippen LogP contribution in [0.1, 0.15) is 63.1 Å². The van der Waals surface area contributed by atoms with Crippen LogP contribution in [0.15, 0.2) is 4.52 Å². The van der Waals surface area contributed by atoms with Gasteiger partial charge >= 0.3 is 0 Å². The second kappa shape index (κ2) is 4.06. The lowest BCUT2D eigenvalue weighted by atomic mass is 9.49. The van der Waals surface area contributed by atoms with Crippen molar-refractivity contribution in [1.29, 1.82) is 0 Å². The molecule has 0 saturated heterocycles. The van der Waals surface area contributed by atoms with Gasteiger partial charge in [0.2, 0.25) is 5.89 Å². The molecule has 4 nitrogen and oxygen atoms in total. The van der Waals surface area contributed by atoms with Crippen LogP contribution < -0.4 is 5.32 Å². The Hall–Kier alpha value is -0.900. The molecule has 0 spiro atoms. The zero-order valence-electron chi connectivity index (χ0n) is 12.0. The molecule has 5 fully saturated rings. The molecule has 1 heterocycles. The van der Waals surface area contributed by atoms with Gasteiger partial charge < -0.3 is 9.84 Å². The van der Waals surface area contributed by atoms with E-state index in [1.807, 2.05) is 0 Å². The first-order valence-electron chi connectivity index (χ1n) is 8.35. The maximum atomic E-state index is 5.70. The number of rotatable bonds is 4. The molecule has 6 rings (SSSR count). The Morgan fingerprint density at radius 1 is 1.05 bits per heavy atom. The van der Waals surface area contributed by atoms with Gasteiger partial charge in [0.15, 0.2) is 5.82 Å². The predicted octanol–water partition coefficient (Wildman–Crippen LogP) is 2.79. The van der Waals surface area contributed by atoms with Gasteiger partial charge in [-0.3, -0.25) is 0 Å². The Bertz CT molecular complexity index is 484. The Morgan fingerprint density at radius 2 is 1.70 bits per heavy atom. The fraction of sp³-hybridized carbons (Fsp3) is 0.875. The molecule has 0 amide bonds. The summed E-state index contributed by atoms with van der Waals surface area (Å²) in [5.74, 6) is 4.62. The third-order valence-electron chi connectivity index (χ3n) is 6.09. The van der Waals surface area contributed by atoms with Crippen molar-refractivity contribution in [2.24, 2.45) is 17.8 Å². The molecule has 5 saturated carbocycles. The van der Waals surface area contributed by atoms with Gasteiger partial charge in [-0.1, -0.05) is 5.16 Å². The maximum absolute atomic E-state index is 5.70. The quantitative estimate of drug-likeness (QED) is 0.916. The Morgan fingerprint density at radius 3 is 2.30 bits per heavy atom. The van der Waals surface area contributed by atoms with E-state index < -0.39 is 0 Å². The van der Waals surface area contributed by atoms with Crippen molar-refractivity contribution < 1.29 is 4.52 Å². The van der Waals surface area contributed by atoms with Crippen LogP contribution in [-0.2, 0) is 12.0 Å². The normalized spacial score (nSPS) is 42.3. The van der Waals surface area contributed by atoms with Crippen LogP contribution in [0, 0.1) is 17.8 Å². The van der Waals surface area contributed by atoms with E-state index in [1.165, 1.54) is 51.4 Å². The largest absolute Gasteiger partial charge is 0.339 e. The SMILES string of the molecule is C(NC1CC1)c1noc(C23CC4CC(CC(C4)C2)C3)n1. The predicted molar refractivity (Wildman–Crippen MR) is 74.0 cm³/mol. The first-order chi connectivity index (χ1) is 9.79. The lowest BCUT2D eigenvalue weighted by molar-refractivity contribution is -0.0201. The average molecular weight is 273 g/mol. The minimum atomic E-state index is 0.250. The van der Waals surface area contributed by atoms with Crippen molar-refractivity contribution in [3.63, 3.8) is 0 Å². The van der Waals surface area contributed by atoms with Crippen LogP contribution in [0.3, 0.4) is 0 Å². The third-order valence-corrected chi connectivity index (χ3v) is 6.09. The van der Waals surface area contributed by atoms with E-state index in [9.17, 15) is 0 Å². The lowest BCUT2D eigenvalue weighted by Crippen LogP contribution is -2.48. The molecule has 0 unspecified atom stereocenters. The zero-order chi connectivity index (χ0) is 13.2. The number of hydrogen-bond acceptors (Lipinski definition) is 4. The van der Waals surface area contributed by atoms with Crippen molar-refractivity contribution in [3.8, 4) is 0 Å². The summed E-state index contributed by atoms with van der Waals surface area (Å²) in [7, 11) is 0. The summed E-state index contributed by atoms with van der Waals surface area (Å²) in [6.07, 6.45) is 10.9. The molecule has 4 bridgehead atoms. The molecule has 0 radical (unpaired) electrons. The van der Waals surface area contributed by atoms with Crippen molar-refractivity contribution in [1.82, 2.24) is 15.5 Å². The summed E-state index contributed by atoms with van der Waals surface area (Å²) in [5.41, 5.74) is 0.250. The van der Waals surface area contributed by atoms with Gasteiger partial charge in [0.25, 0.3) is 0 Å². The molecular formula is C16H23N3O. The second-order valence-electron chi connectivity index (χ2n) is 7.87. The minimum absolute atomic E-state index is 0.250. The summed E-state index contributed by atoms with van der Waals surface area (Å²) >= 11 is 0. The Balaban J connectivity index is 1.38. The van der Waals surface area contributed by atoms with Crippen molar-refractivity contribution in [2.45, 2.75) is 69.4 Å². The average Bonchev–Trinajstić information content (AvgIpc) is 3.11. The van der Waals surface area contributed by atoms with Crippen LogP contribution >= 0.6 is 0 Å². The van der Waals surface area contributed by atoms with E-state index in [1.54, 1.807) is 0 Å². The van der Waals surface area contributed by atoms with E-state index >= 15 is 0 Å². The number of nitrogens with one attached hydrogen (secondary N) is 1. The van der Waals surface area contributed by atoms with E-state index in [4.69, 9.17) is 9.51 Å². The topological polar surface area (TPSA) is 51.0 Å². The molecule has 5 aliphatic carbocycles. The first kappa shape index (κ1) is 11.7. The van der Waals surface area contributed by atoms with E-state index in [-0.39, 0.29) is 5.41 Å². The van der Waals surface area contributed by atoms with Gasteiger partial charge in [0.05, 0.1) is 12.0 Å². The first-order valence-corrected chi connectivity index (χ1v) is 8.35. The molecule has 4 heteroatoms. The van der Waals surface area contributed by atoms with Gasteiger partial charge in [-0.2, -0.15) is 4.98 Å². The molecule has 0 aromatic carbocycles. The highest BCUT2D eigenvalue weighted by Gasteiger charge is 2.54. The molecule has 5 aliphatic rings. The van der Waals surface area contributed by atoms with Gasteiger partial charge in [-0.25, -0.2) is 0 Å². The highest BCUT2D eigenvalue weighted by Crippen LogP contribution is 2.60. The summed E-state index contributed by atoms with van der Waals surface area (Å²) in [6, 6.07) is 0.705. The third kappa shape index (κ3) is 1.84. The van der Waals surface area contributed by atoms with Crippen molar-refractivity contribution in [3.05, 3.63) is 11.7 Å². The highest BCUT2D eigenvalue weighted by atomic mass is 16.5. The highest BCUT2D eigenvalue weighted by molar-refractivity contribution is 5.15. The van der Waals surface area contributed by atoms with Crippen LogP contribution in [0.5, 0.6) is 0 Å². The second-order valence-corrected chi connectivity index (χ2v) is 7.87. The smallest absolute Gasteiger partial charge is 0.232 e. The number of hydrogen-bond donors (Lipinski definition) is 1. The Kier molecular flexibility index (Phi) is 2.38. The number of aromatic nitrogens is 2. The standard InChI is InChI=1S/C16H23N3O/c1-2-13(1)17-9-14-18-15(20-19-14)16-6-10-3-11(7-16)5-12(4-10)8-16/h10-13,17H,1-9H2. The van der Waals surface area contributed by atoms with Crippen LogP contribution in [0.2, 0.25) is 0 Å². The summed E-state index contributed by atoms with van der Waals surface area (Å²) < 4.78 is 5.70. The van der Waals surface area contributed by atoms with Crippen molar-refractivity contribution in [2.75, 3.05) is 0 Å². The Labute approximate surface area is 119 Å². The molecule has 0 atom stereocenters. The molecule has 20 heavy (non-hydrogen) atoms. The monoisotopic (exact) mass is 273 g/mol. The maximum Gasteiger partial charge on any atom is 0.232 e. The fourth-order valence-electron chi connectivity index (χ4n) is 5.44. The molecule has 1 N–H and O–H groups in total. The van der Waals surface area contributed by atoms with Gasteiger partial charge in [-0.05, 0) is 69.1 Å². The summed E-state index contributed by atoms with van der Waals surface area (Å²) in [4.78, 5) is 4.76. The van der Waals surface area contributed by atoms with Crippen LogP contribution in [0.25, 0.3) is 0 Å².